The number of nitrogens with two attached hydrogens (primary N) is 1. The highest BCUT2D eigenvalue weighted by atomic mass is 16.2. The van der Waals surface area contributed by atoms with E-state index in [1.807, 2.05) is 48.5 Å². The molecule has 5 nitrogen and oxygen atoms in total. The molecule has 0 aliphatic rings. The Labute approximate surface area is 142 Å². The molecule has 0 radical (unpaired) electrons. The second kappa shape index (κ2) is 7.75. The molecule has 126 valence electrons. The predicted molar refractivity (Wildman–Crippen MR) is 95.4 cm³/mol. The molecule has 0 saturated heterocycles. The molecule has 0 aliphatic heterocycles. The van der Waals surface area contributed by atoms with E-state index in [-0.39, 0.29) is 18.4 Å². The van der Waals surface area contributed by atoms with Crippen molar-refractivity contribution >= 4 is 11.8 Å². The van der Waals surface area contributed by atoms with Crippen molar-refractivity contribution in [2.24, 2.45) is 5.73 Å². The Hall–Kier alpha value is -2.66. The summed E-state index contributed by atoms with van der Waals surface area (Å²) in [6.07, 6.45) is 0. The van der Waals surface area contributed by atoms with Crippen LogP contribution in [0.25, 0.3) is 11.1 Å². The quantitative estimate of drug-likeness (QED) is 0.914. The van der Waals surface area contributed by atoms with Crippen LogP contribution < -0.4 is 5.73 Å². The van der Waals surface area contributed by atoms with Gasteiger partial charge in [-0.25, -0.2) is 0 Å². The summed E-state index contributed by atoms with van der Waals surface area (Å²) in [5.41, 5.74) is 9.15. The molecule has 0 saturated carbocycles. The molecule has 0 bridgehead atoms. The van der Waals surface area contributed by atoms with E-state index in [1.165, 1.54) is 0 Å². The van der Waals surface area contributed by atoms with Crippen molar-refractivity contribution in [2.75, 3.05) is 27.7 Å². The summed E-state index contributed by atoms with van der Waals surface area (Å²) in [6, 6.07) is 15.5. The van der Waals surface area contributed by atoms with Crippen LogP contribution in [0.2, 0.25) is 0 Å². The smallest absolute Gasteiger partial charge is 0.253 e. The number of hydrogen-bond donors (Lipinski definition) is 1. The first kappa shape index (κ1) is 17.7. The average Bonchev–Trinajstić information content (AvgIpc) is 2.60. The van der Waals surface area contributed by atoms with Gasteiger partial charge in [0.1, 0.15) is 0 Å². The standard InChI is InChI=1S/C19H23N3O2/c1-21(2)19(24)16-9-7-15(8-10-16)17-6-4-5-14(11-17)13-22(3)18(23)12-20/h4-11H,12-13,20H2,1-3H3. The van der Waals surface area contributed by atoms with Crippen molar-refractivity contribution in [3.63, 3.8) is 0 Å². The van der Waals surface area contributed by atoms with Crippen LogP contribution in [-0.2, 0) is 11.3 Å². The minimum atomic E-state index is -0.0908. The van der Waals surface area contributed by atoms with Crippen LogP contribution in [0.4, 0.5) is 0 Å². The van der Waals surface area contributed by atoms with E-state index in [2.05, 4.69) is 0 Å². The fourth-order valence-electron chi connectivity index (χ4n) is 2.43. The molecule has 0 atom stereocenters. The second-order valence-electron chi connectivity index (χ2n) is 5.93. The first-order valence-electron chi connectivity index (χ1n) is 7.77. The van der Waals surface area contributed by atoms with Gasteiger partial charge >= 0.3 is 0 Å². The molecule has 0 fully saturated rings. The van der Waals surface area contributed by atoms with E-state index in [4.69, 9.17) is 5.73 Å². The molecule has 0 unspecified atom stereocenters. The lowest BCUT2D eigenvalue weighted by molar-refractivity contribution is -0.128. The molecule has 2 rings (SSSR count). The topological polar surface area (TPSA) is 66.6 Å². The highest BCUT2D eigenvalue weighted by Gasteiger charge is 2.09. The highest BCUT2D eigenvalue weighted by molar-refractivity contribution is 5.94. The zero-order valence-corrected chi connectivity index (χ0v) is 14.3. The summed E-state index contributed by atoms with van der Waals surface area (Å²) >= 11 is 0. The van der Waals surface area contributed by atoms with E-state index < -0.39 is 0 Å². The van der Waals surface area contributed by atoms with Gasteiger partial charge in [-0.3, -0.25) is 9.59 Å². The lowest BCUT2D eigenvalue weighted by Crippen LogP contribution is -2.32. The summed E-state index contributed by atoms with van der Waals surface area (Å²) in [4.78, 5) is 26.7. The molecule has 24 heavy (non-hydrogen) atoms. The molecule has 2 aromatic carbocycles. The summed E-state index contributed by atoms with van der Waals surface area (Å²) in [6.45, 7) is 0.526. The third-order valence-electron chi connectivity index (χ3n) is 3.82. The van der Waals surface area contributed by atoms with Crippen molar-refractivity contribution in [1.82, 2.24) is 9.80 Å². The maximum absolute atomic E-state index is 11.9. The van der Waals surface area contributed by atoms with Crippen LogP contribution in [-0.4, -0.2) is 49.3 Å². The summed E-state index contributed by atoms with van der Waals surface area (Å²) in [5.74, 6) is -0.107. The number of carbonyl (C=O) groups is 2. The lowest BCUT2D eigenvalue weighted by Gasteiger charge is -2.17. The van der Waals surface area contributed by atoms with Gasteiger partial charge in [0.15, 0.2) is 0 Å². The van der Waals surface area contributed by atoms with Crippen LogP contribution >= 0.6 is 0 Å². The van der Waals surface area contributed by atoms with Crippen LogP contribution in [0.3, 0.4) is 0 Å². The van der Waals surface area contributed by atoms with Gasteiger partial charge in [-0.15, -0.1) is 0 Å². The number of carbonyl (C=O) groups excluding carboxylic acids is 2. The number of nitrogens with zero attached hydrogens (tertiary/aromatic N) is 2. The Bertz CT molecular complexity index is 724. The van der Waals surface area contributed by atoms with E-state index in [1.54, 1.807) is 30.9 Å². The van der Waals surface area contributed by atoms with Crippen molar-refractivity contribution in [1.29, 1.82) is 0 Å². The Morgan fingerprint density at radius 2 is 1.62 bits per heavy atom. The molecular formula is C19H23N3O2. The maximum atomic E-state index is 11.9. The second-order valence-corrected chi connectivity index (χ2v) is 5.93. The summed E-state index contributed by atoms with van der Waals surface area (Å²) < 4.78 is 0. The van der Waals surface area contributed by atoms with Crippen molar-refractivity contribution in [3.05, 3.63) is 59.7 Å². The van der Waals surface area contributed by atoms with E-state index in [0.29, 0.717) is 12.1 Å². The zero-order valence-electron chi connectivity index (χ0n) is 14.3. The van der Waals surface area contributed by atoms with Crippen molar-refractivity contribution in [2.45, 2.75) is 6.54 Å². The van der Waals surface area contributed by atoms with Crippen LogP contribution in [0.1, 0.15) is 15.9 Å². The van der Waals surface area contributed by atoms with E-state index in [9.17, 15) is 9.59 Å². The van der Waals surface area contributed by atoms with Gasteiger partial charge in [0.05, 0.1) is 6.54 Å². The molecule has 2 amide bonds. The lowest BCUT2D eigenvalue weighted by atomic mass is 10.0. The average molecular weight is 325 g/mol. The molecule has 2 aromatic rings. The van der Waals surface area contributed by atoms with Gasteiger partial charge < -0.3 is 15.5 Å². The fraction of sp³-hybridized carbons (Fsp3) is 0.263. The van der Waals surface area contributed by atoms with E-state index in [0.717, 1.165) is 16.7 Å². The Morgan fingerprint density at radius 3 is 2.21 bits per heavy atom. The number of benzene rings is 2. The fourth-order valence-corrected chi connectivity index (χ4v) is 2.43. The SMILES string of the molecule is CN(C)C(=O)c1ccc(-c2cccc(CN(C)C(=O)CN)c2)cc1. The number of amides is 2. The number of rotatable bonds is 5. The van der Waals surface area contributed by atoms with Gasteiger partial charge in [-0.2, -0.15) is 0 Å². The first-order valence-corrected chi connectivity index (χ1v) is 7.77. The molecule has 2 N–H and O–H groups in total. The van der Waals surface area contributed by atoms with Gasteiger partial charge in [0.2, 0.25) is 5.91 Å². The molecular weight excluding hydrogens is 302 g/mol. The minimum Gasteiger partial charge on any atom is -0.345 e. The third-order valence-corrected chi connectivity index (χ3v) is 3.82. The molecule has 0 aromatic heterocycles. The summed E-state index contributed by atoms with van der Waals surface area (Å²) in [7, 11) is 5.21. The normalized spacial score (nSPS) is 10.3. The minimum absolute atomic E-state index is 0.0115. The van der Waals surface area contributed by atoms with Gasteiger partial charge in [-0.05, 0) is 34.9 Å². The Kier molecular flexibility index (Phi) is 5.71. The maximum Gasteiger partial charge on any atom is 0.253 e. The van der Waals surface area contributed by atoms with Crippen molar-refractivity contribution in [3.8, 4) is 11.1 Å². The number of likely N-dealkylation sites (N-methyl/N-ethyl adjacent to an activating group) is 1. The predicted octanol–water partition coefficient (Wildman–Crippen LogP) is 1.97. The molecule has 0 aliphatic carbocycles. The molecule has 5 heteroatoms. The van der Waals surface area contributed by atoms with Crippen LogP contribution in [0.15, 0.2) is 48.5 Å². The van der Waals surface area contributed by atoms with E-state index >= 15 is 0 Å². The van der Waals surface area contributed by atoms with Gasteiger partial charge in [0.25, 0.3) is 5.91 Å². The Balaban J connectivity index is 2.19. The van der Waals surface area contributed by atoms with Gasteiger partial charge in [0, 0.05) is 33.3 Å². The largest absolute Gasteiger partial charge is 0.345 e. The Morgan fingerprint density at radius 1 is 0.958 bits per heavy atom. The monoisotopic (exact) mass is 325 g/mol. The first-order chi connectivity index (χ1) is 11.4. The van der Waals surface area contributed by atoms with Crippen LogP contribution in [0.5, 0.6) is 0 Å². The van der Waals surface area contributed by atoms with Gasteiger partial charge in [-0.1, -0.05) is 30.3 Å². The highest BCUT2D eigenvalue weighted by Crippen LogP contribution is 2.22. The third kappa shape index (κ3) is 4.20. The van der Waals surface area contributed by atoms with Crippen molar-refractivity contribution < 1.29 is 9.59 Å². The van der Waals surface area contributed by atoms with Crippen LogP contribution in [0, 0.1) is 0 Å². The molecule has 0 spiro atoms. The summed E-state index contributed by atoms with van der Waals surface area (Å²) in [5, 5.41) is 0. The number of hydrogen-bond acceptors (Lipinski definition) is 3. The zero-order chi connectivity index (χ0) is 17.7. The molecule has 0 heterocycles.